The fourth-order valence-electron chi connectivity index (χ4n) is 3.59. The number of nitrogens with one attached hydrogen (secondary N) is 1. The summed E-state index contributed by atoms with van der Waals surface area (Å²) in [5, 5.41) is 3.37. The summed E-state index contributed by atoms with van der Waals surface area (Å²) in [7, 11) is 3.95. The fourth-order valence-corrected chi connectivity index (χ4v) is 4.14. The number of likely N-dealkylation sites (N-methyl/N-ethyl adjacent to an activating group) is 1. The van der Waals surface area contributed by atoms with Crippen LogP contribution in [0.2, 0.25) is 0 Å². The number of nitrogens with zero attached hydrogens (tertiary/aromatic N) is 2. The van der Waals surface area contributed by atoms with Crippen LogP contribution in [0.4, 0.5) is 0 Å². The minimum absolute atomic E-state index is 0.609. The Bertz CT molecular complexity index is 809. The Morgan fingerprint density at radius 2 is 2.35 bits per heavy atom. The Morgan fingerprint density at radius 3 is 3.04 bits per heavy atom. The number of methoxy groups -OCH3 is 1. The number of thiazole rings is 1. The Morgan fingerprint density at radius 1 is 1.43 bits per heavy atom. The summed E-state index contributed by atoms with van der Waals surface area (Å²) in [5.41, 5.74) is 6.62. The van der Waals surface area contributed by atoms with E-state index in [4.69, 9.17) is 4.74 Å². The number of rotatable bonds is 4. The van der Waals surface area contributed by atoms with Gasteiger partial charge in [-0.05, 0) is 56.6 Å². The first-order valence-electron chi connectivity index (χ1n) is 8.03. The van der Waals surface area contributed by atoms with Crippen molar-refractivity contribution in [2.45, 2.75) is 25.3 Å². The molecular formula is C18H21N3OS. The highest BCUT2D eigenvalue weighted by Gasteiger charge is 2.25. The van der Waals surface area contributed by atoms with Crippen molar-refractivity contribution in [3.63, 3.8) is 0 Å². The van der Waals surface area contributed by atoms with Gasteiger partial charge in [0.05, 0.1) is 24.0 Å². The van der Waals surface area contributed by atoms with Gasteiger partial charge < -0.3 is 14.6 Å². The van der Waals surface area contributed by atoms with E-state index in [1.807, 2.05) is 11.6 Å². The van der Waals surface area contributed by atoms with Crippen LogP contribution in [0.3, 0.4) is 0 Å². The Hall–Kier alpha value is -1.85. The van der Waals surface area contributed by atoms with E-state index < -0.39 is 0 Å². The van der Waals surface area contributed by atoms with Crippen molar-refractivity contribution in [2.75, 3.05) is 20.7 Å². The summed E-state index contributed by atoms with van der Waals surface area (Å²) in [6.07, 6.45) is 3.61. The van der Waals surface area contributed by atoms with Crippen LogP contribution in [0.1, 0.15) is 18.4 Å². The predicted molar refractivity (Wildman–Crippen MR) is 95.3 cm³/mol. The van der Waals surface area contributed by atoms with Crippen LogP contribution in [0.5, 0.6) is 5.75 Å². The summed E-state index contributed by atoms with van der Waals surface area (Å²) < 4.78 is 5.43. The highest BCUT2D eigenvalue weighted by molar-refractivity contribution is 7.07. The molecule has 3 aromatic rings. The van der Waals surface area contributed by atoms with Gasteiger partial charge in [0.15, 0.2) is 0 Å². The predicted octanol–water partition coefficient (Wildman–Crippen LogP) is 3.94. The number of hydrogen-bond donors (Lipinski definition) is 1. The van der Waals surface area contributed by atoms with E-state index in [-0.39, 0.29) is 0 Å². The third-order valence-corrected chi connectivity index (χ3v) is 5.50. The fraction of sp³-hybridized carbons (Fsp3) is 0.389. The van der Waals surface area contributed by atoms with Crippen molar-refractivity contribution < 1.29 is 4.74 Å². The van der Waals surface area contributed by atoms with Crippen LogP contribution in [0.25, 0.3) is 22.3 Å². The number of likely N-dealkylation sites (tertiary alicyclic amines) is 1. The van der Waals surface area contributed by atoms with Crippen molar-refractivity contribution in [3.05, 3.63) is 34.7 Å². The molecule has 23 heavy (non-hydrogen) atoms. The second-order valence-corrected chi connectivity index (χ2v) is 6.96. The Kier molecular flexibility index (Phi) is 3.83. The first-order valence-corrected chi connectivity index (χ1v) is 8.98. The van der Waals surface area contributed by atoms with Gasteiger partial charge in [-0.3, -0.25) is 0 Å². The molecule has 5 heteroatoms. The van der Waals surface area contributed by atoms with Crippen LogP contribution < -0.4 is 4.74 Å². The highest BCUT2D eigenvalue weighted by atomic mass is 32.1. The van der Waals surface area contributed by atoms with Gasteiger partial charge in [-0.25, -0.2) is 4.98 Å². The second kappa shape index (κ2) is 5.98. The van der Waals surface area contributed by atoms with E-state index in [1.54, 1.807) is 18.4 Å². The maximum Gasteiger partial charge on any atom is 0.119 e. The number of aromatic amines is 1. The molecule has 1 saturated heterocycles. The molecule has 1 aliphatic heterocycles. The topological polar surface area (TPSA) is 41.1 Å². The zero-order chi connectivity index (χ0) is 15.8. The maximum atomic E-state index is 5.43. The molecule has 1 aromatic carbocycles. The van der Waals surface area contributed by atoms with Crippen LogP contribution in [0, 0.1) is 0 Å². The summed E-state index contributed by atoms with van der Waals surface area (Å²) in [6.45, 7) is 1.20. The first-order chi connectivity index (χ1) is 11.3. The summed E-state index contributed by atoms with van der Waals surface area (Å²) in [6, 6.07) is 6.87. The molecule has 0 radical (unpaired) electrons. The van der Waals surface area contributed by atoms with Gasteiger partial charge in [0, 0.05) is 22.3 Å². The van der Waals surface area contributed by atoms with Crippen molar-refractivity contribution in [1.82, 2.24) is 14.9 Å². The standard InChI is InChI=1S/C18H21N3OS/c1-21-7-3-4-12(21)8-15-14-9-13(22-2)5-6-16(14)20-18(15)17-10-23-11-19-17/h5-6,9-12,20H,3-4,7-8H2,1-2H3/t12-/m1/s1. The number of H-pyrrole nitrogens is 1. The van der Waals surface area contributed by atoms with Crippen LogP contribution >= 0.6 is 11.3 Å². The number of benzene rings is 1. The van der Waals surface area contributed by atoms with Crippen molar-refractivity contribution >= 4 is 22.2 Å². The van der Waals surface area contributed by atoms with Gasteiger partial charge >= 0.3 is 0 Å². The van der Waals surface area contributed by atoms with Crippen LogP contribution in [-0.4, -0.2) is 41.6 Å². The lowest BCUT2D eigenvalue weighted by Gasteiger charge is -2.19. The van der Waals surface area contributed by atoms with E-state index in [0.29, 0.717) is 6.04 Å². The number of fused-ring (bicyclic) bond motifs is 1. The van der Waals surface area contributed by atoms with Gasteiger partial charge in [0.2, 0.25) is 0 Å². The lowest BCUT2D eigenvalue weighted by atomic mass is 9.99. The highest BCUT2D eigenvalue weighted by Crippen LogP contribution is 2.34. The van der Waals surface area contributed by atoms with E-state index in [9.17, 15) is 0 Å². The minimum Gasteiger partial charge on any atom is -0.497 e. The Balaban J connectivity index is 1.84. The van der Waals surface area contributed by atoms with Gasteiger partial charge in [-0.1, -0.05) is 0 Å². The SMILES string of the molecule is COc1ccc2[nH]c(-c3cscn3)c(C[C@H]3CCCN3C)c2c1. The lowest BCUT2D eigenvalue weighted by Crippen LogP contribution is -2.26. The third kappa shape index (κ3) is 2.64. The molecule has 1 fully saturated rings. The smallest absolute Gasteiger partial charge is 0.119 e. The molecule has 1 N–H and O–H groups in total. The third-order valence-electron chi connectivity index (χ3n) is 4.91. The average Bonchev–Trinajstić information content (AvgIpc) is 3.29. The molecule has 3 heterocycles. The van der Waals surface area contributed by atoms with E-state index in [0.717, 1.165) is 29.1 Å². The molecule has 120 valence electrons. The quantitative estimate of drug-likeness (QED) is 0.789. The lowest BCUT2D eigenvalue weighted by molar-refractivity contribution is 0.310. The molecule has 0 spiro atoms. The van der Waals surface area contributed by atoms with E-state index in [1.165, 1.54) is 30.3 Å². The van der Waals surface area contributed by atoms with Crippen molar-refractivity contribution in [1.29, 1.82) is 0 Å². The van der Waals surface area contributed by atoms with Crippen LogP contribution in [-0.2, 0) is 6.42 Å². The molecular weight excluding hydrogens is 306 g/mol. The van der Waals surface area contributed by atoms with E-state index >= 15 is 0 Å². The molecule has 4 nitrogen and oxygen atoms in total. The van der Waals surface area contributed by atoms with E-state index in [2.05, 4.69) is 39.4 Å². The van der Waals surface area contributed by atoms with Gasteiger partial charge in [-0.15, -0.1) is 11.3 Å². The van der Waals surface area contributed by atoms with Crippen molar-refractivity contribution in [2.24, 2.45) is 0 Å². The molecule has 1 atom stereocenters. The van der Waals surface area contributed by atoms with Gasteiger partial charge in [0.25, 0.3) is 0 Å². The second-order valence-electron chi connectivity index (χ2n) is 6.24. The summed E-state index contributed by atoms with van der Waals surface area (Å²) in [5.74, 6) is 0.905. The number of aromatic nitrogens is 2. The molecule has 0 unspecified atom stereocenters. The molecule has 0 bridgehead atoms. The average molecular weight is 327 g/mol. The normalized spacial score (nSPS) is 18.8. The number of ether oxygens (including phenoxy) is 1. The molecule has 0 amide bonds. The summed E-state index contributed by atoms with van der Waals surface area (Å²) in [4.78, 5) is 10.6. The van der Waals surface area contributed by atoms with Crippen molar-refractivity contribution in [3.8, 4) is 17.1 Å². The maximum absolute atomic E-state index is 5.43. The minimum atomic E-state index is 0.609. The Labute approximate surface area is 140 Å². The monoisotopic (exact) mass is 327 g/mol. The molecule has 4 rings (SSSR count). The molecule has 0 saturated carbocycles. The zero-order valence-electron chi connectivity index (χ0n) is 13.5. The zero-order valence-corrected chi connectivity index (χ0v) is 14.3. The molecule has 1 aliphatic rings. The summed E-state index contributed by atoms with van der Waals surface area (Å²) >= 11 is 1.64. The van der Waals surface area contributed by atoms with Crippen LogP contribution in [0.15, 0.2) is 29.1 Å². The molecule has 2 aromatic heterocycles. The first kappa shape index (κ1) is 14.7. The van der Waals surface area contributed by atoms with Gasteiger partial charge in [-0.2, -0.15) is 0 Å². The molecule has 0 aliphatic carbocycles. The van der Waals surface area contributed by atoms with Gasteiger partial charge in [0.1, 0.15) is 5.75 Å². The number of hydrogen-bond acceptors (Lipinski definition) is 4. The largest absolute Gasteiger partial charge is 0.497 e.